The SMILES string of the molecule is CCC(C(=O)N1C[C@H]2CC(O)C[C@H]2C1)n1cc(C(C)=O)c2ccccc21. The number of carbonyl (C=O) groups excluding carboxylic acids is 2. The Morgan fingerprint density at radius 1 is 1.19 bits per heavy atom. The first-order valence-electron chi connectivity index (χ1n) is 9.57. The molecule has 2 unspecified atom stereocenters. The van der Waals surface area contributed by atoms with Gasteiger partial charge in [-0.1, -0.05) is 25.1 Å². The highest BCUT2D eigenvalue weighted by molar-refractivity contribution is 6.07. The zero-order valence-electron chi connectivity index (χ0n) is 15.4. The van der Waals surface area contributed by atoms with Crippen molar-refractivity contribution < 1.29 is 14.7 Å². The normalized spacial score (nSPS) is 26.3. The third-order valence-electron chi connectivity index (χ3n) is 6.17. The van der Waals surface area contributed by atoms with E-state index in [4.69, 9.17) is 0 Å². The molecule has 5 nitrogen and oxygen atoms in total. The molecule has 1 saturated carbocycles. The molecule has 0 radical (unpaired) electrons. The van der Waals surface area contributed by atoms with Crippen LogP contribution in [0.15, 0.2) is 30.5 Å². The van der Waals surface area contributed by atoms with Crippen LogP contribution in [0, 0.1) is 11.8 Å². The summed E-state index contributed by atoms with van der Waals surface area (Å²) in [6, 6.07) is 7.50. The number of aromatic nitrogens is 1. The van der Waals surface area contributed by atoms with Crippen LogP contribution in [0.4, 0.5) is 0 Å². The smallest absolute Gasteiger partial charge is 0.245 e. The van der Waals surface area contributed by atoms with Crippen LogP contribution in [-0.4, -0.2) is 45.5 Å². The van der Waals surface area contributed by atoms with E-state index in [1.54, 1.807) is 6.92 Å². The van der Waals surface area contributed by atoms with Crippen molar-refractivity contribution in [3.8, 4) is 0 Å². The largest absolute Gasteiger partial charge is 0.393 e. The van der Waals surface area contributed by atoms with E-state index < -0.39 is 0 Å². The number of benzene rings is 1. The third kappa shape index (κ3) is 2.75. The zero-order chi connectivity index (χ0) is 18.4. The van der Waals surface area contributed by atoms with Crippen LogP contribution in [0.25, 0.3) is 10.9 Å². The number of Topliss-reactive ketones (excluding diaryl/α,β-unsaturated/α-hetero) is 1. The number of ketones is 1. The summed E-state index contributed by atoms with van der Waals surface area (Å²) in [7, 11) is 0. The molecule has 0 bridgehead atoms. The van der Waals surface area contributed by atoms with Gasteiger partial charge in [0.15, 0.2) is 5.78 Å². The lowest BCUT2D eigenvalue weighted by molar-refractivity contribution is -0.134. The summed E-state index contributed by atoms with van der Waals surface area (Å²) in [4.78, 5) is 27.3. The molecule has 2 heterocycles. The molecule has 26 heavy (non-hydrogen) atoms. The lowest BCUT2D eigenvalue weighted by Crippen LogP contribution is -2.36. The molecule has 4 rings (SSSR count). The van der Waals surface area contributed by atoms with E-state index in [-0.39, 0.29) is 23.8 Å². The van der Waals surface area contributed by atoms with Crippen LogP contribution in [0.5, 0.6) is 0 Å². The van der Waals surface area contributed by atoms with Gasteiger partial charge in [-0.15, -0.1) is 0 Å². The number of amides is 1. The summed E-state index contributed by atoms with van der Waals surface area (Å²) >= 11 is 0. The Bertz CT molecular complexity index is 842. The van der Waals surface area contributed by atoms with Crippen LogP contribution in [0.3, 0.4) is 0 Å². The number of nitrogens with zero attached hydrogens (tertiary/aromatic N) is 2. The van der Waals surface area contributed by atoms with Crippen molar-refractivity contribution in [2.45, 2.75) is 45.3 Å². The second-order valence-electron chi connectivity index (χ2n) is 7.84. The molecule has 2 aromatic rings. The van der Waals surface area contributed by atoms with Gasteiger partial charge in [-0.3, -0.25) is 9.59 Å². The van der Waals surface area contributed by atoms with Gasteiger partial charge in [-0.2, -0.15) is 0 Å². The maximum Gasteiger partial charge on any atom is 0.245 e. The monoisotopic (exact) mass is 354 g/mol. The first-order chi connectivity index (χ1) is 12.5. The summed E-state index contributed by atoms with van der Waals surface area (Å²) in [6.45, 7) is 5.08. The summed E-state index contributed by atoms with van der Waals surface area (Å²) in [5.41, 5.74) is 1.61. The molecule has 1 aromatic carbocycles. The molecule has 2 fully saturated rings. The van der Waals surface area contributed by atoms with Gasteiger partial charge in [0.25, 0.3) is 0 Å². The molecule has 5 heteroatoms. The van der Waals surface area contributed by atoms with Crippen LogP contribution in [0.2, 0.25) is 0 Å². The van der Waals surface area contributed by atoms with Crippen molar-refractivity contribution in [2.24, 2.45) is 11.8 Å². The minimum Gasteiger partial charge on any atom is -0.393 e. The summed E-state index contributed by atoms with van der Waals surface area (Å²) in [5.74, 6) is 1.01. The van der Waals surface area contributed by atoms with Crippen molar-refractivity contribution in [3.05, 3.63) is 36.0 Å². The van der Waals surface area contributed by atoms with Crippen molar-refractivity contribution in [2.75, 3.05) is 13.1 Å². The van der Waals surface area contributed by atoms with Gasteiger partial charge in [0, 0.05) is 35.8 Å². The number of aliphatic hydroxyl groups excluding tert-OH is 1. The molecular weight excluding hydrogens is 328 g/mol. The Labute approximate surface area is 153 Å². The number of carbonyl (C=O) groups is 2. The number of para-hydroxylation sites is 1. The van der Waals surface area contributed by atoms with E-state index in [0.717, 1.165) is 36.8 Å². The van der Waals surface area contributed by atoms with Crippen molar-refractivity contribution in [1.82, 2.24) is 9.47 Å². The first kappa shape index (κ1) is 17.3. The molecular formula is C21H26N2O3. The Balaban J connectivity index is 1.65. The molecule has 1 aliphatic heterocycles. The lowest BCUT2D eigenvalue weighted by atomic mass is 10.0. The Morgan fingerprint density at radius 3 is 2.46 bits per heavy atom. The quantitative estimate of drug-likeness (QED) is 0.859. The van der Waals surface area contributed by atoms with Gasteiger partial charge in [0.2, 0.25) is 5.91 Å². The second-order valence-corrected chi connectivity index (χ2v) is 7.84. The Hall–Kier alpha value is -2.14. The molecule has 1 aromatic heterocycles. The van der Waals surface area contributed by atoms with E-state index in [1.807, 2.05) is 46.9 Å². The highest BCUT2D eigenvalue weighted by Crippen LogP contribution is 2.39. The number of hydrogen-bond acceptors (Lipinski definition) is 3. The molecule has 1 aliphatic carbocycles. The molecule has 1 amide bonds. The fourth-order valence-corrected chi connectivity index (χ4v) is 4.89. The molecule has 2 aliphatic rings. The first-order valence-corrected chi connectivity index (χ1v) is 9.57. The standard InChI is InChI=1S/C21H26N2O3/c1-3-19(21(26)22-10-14-8-16(25)9-15(14)11-22)23-12-18(13(2)24)17-6-4-5-7-20(17)23/h4-7,12,14-16,19,25H,3,8-11H2,1-2H3/t14-,15+,16?,19?. The lowest BCUT2D eigenvalue weighted by Gasteiger charge is -2.25. The van der Waals surface area contributed by atoms with Crippen LogP contribution in [0.1, 0.15) is 49.5 Å². The molecule has 0 spiro atoms. The third-order valence-corrected chi connectivity index (χ3v) is 6.17. The molecule has 4 atom stereocenters. The summed E-state index contributed by atoms with van der Waals surface area (Å²) in [5, 5.41) is 10.7. The van der Waals surface area contributed by atoms with Crippen LogP contribution >= 0.6 is 0 Å². The highest BCUT2D eigenvalue weighted by Gasteiger charge is 2.43. The average molecular weight is 354 g/mol. The fourth-order valence-electron chi connectivity index (χ4n) is 4.89. The van der Waals surface area contributed by atoms with Crippen LogP contribution in [-0.2, 0) is 4.79 Å². The number of fused-ring (bicyclic) bond motifs is 2. The minimum atomic E-state index is -0.295. The topological polar surface area (TPSA) is 62.5 Å². The fraction of sp³-hybridized carbons (Fsp3) is 0.524. The number of hydrogen-bond donors (Lipinski definition) is 1. The van der Waals surface area contributed by atoms with Crippen molar-refractivity contribution in [1.29, 1.82) is 0 Å². The average Bonchev–Trinajstić information content (AvgIpc) is 3.26. The van der Waals surface area contributed by atoms with Gasteiger partial charge in [-0.05, 0) is 44.1 Å². The predicted molar refractivity (Wildman–Crippen MR) is 100 cm³/mol. The second kappa shape index (κ2) is 6.54. The molecule has 1 saturated heterocycles. The Morgan fingerprint density at radius 2 is 1.85 bits per heavy atom. The summed E-state index contributed by atoms with van der Waals surface area (Å²) in [6.07, 6.45) is 3.96. The van der Waals surface area contributed by atoms with E-state index in [9.17, 15) is 14.7 Å². The van der Waals surface area contributed by atoms with Crippen molar-refractivity contribution >= 4 is 22.6 Å². The number of rotatable bonds is 4. The Kier molecular flexibility index (Phi) is 4.35. The van der Waals surface area contributed by atoms with E-state index in [1.165, 1.54) is 0 Å². The highest BCUT2D eigenvalue weighted by atomic mass is 16.3. The van der Waals surface area contributed by atoms with Crippen molar-refractivity contribution in [3.63, 3.8) is 0 Å². The summed E-state index contributed by atoms with van der Waals surface area (Å²) < 4.78 is 1.98. The number of likely N-dealkylation sites (tertiary alicyclic amines) is 1. The van der Waals surface area contributed by atoms with Gasteiger partial charge in [0.05, 0.1) is 6.10 Å². The number of aliphatic hydroxyl groups is 1. The van der Waals surface area contributed by atoms with E-state index in [0.29, 0.717) is 23.8 Å². The maximum absolute atomic E-state index is 13.3. The molecule has 138 valence electrons. The minimum absolute atomic E-state index is 0.0203. The zero-order valence-corrected chi connectivity index (χ0v) is 15.4. The van der Waals surface area contributed by atoms with Gasteiger partial charge in [-0.25, -0.2) is 0 Å². The van der Waals surface area contributed by atoms with Crippen LogP contribution < -0.4 is 0 Å². The van der Waals surface area contributed by atoms with Gasteiger partial charge < -0.3 is 14.6 Å². The molecule has 1 N–H and O–H groups in total. The van der Waals surface area contributed by atoms with Gasteiger partial charge in [0.1, 0.15) is 6.04 Å². The van der Waals surface area contributed by atoms with E-state index >= 15 is 0 Å². The van der Waals surface area contributed by atoms with Gasteiger partial charge >= 0.3 is 0 Å². The van der Waals surface area contributed by atoms with E-state index in [2.05, 4.69) is 0 Å². The maximum atomic E-state index is 13.3. The predicted octanol–water partition coefficient (Wildman–Crippen LogP) is 3.02.